The number of carbonyl (C=O) groups is 1. The third-order valence-corrected chi connectivity index (χ3v) is 5.71. The second kappa shape index (κ2) is 6.80. The third-order valence-electron chi connectivity index (χ3n) is 5.71. The molecule has 2 aliphatic heterocycles. The number of amides is 1. The maximum atomic E-state index is 13.0. The largest absolute Gasteiger partial charge is 0.352 e. The number of nitrogens with zero attached hydrogens (tertiary/aromatic N) is 8. The molecule has 0 spiro atoms. The maximum Gasteiger partial charge on any atom is 0.274 e. The second-order valence-electron chi connectivity index (χ2n) is 7.86. The highest BCUT2D eigenvalue weighted by atomic mass is 16.2. The minimum Gasteiger partial charge on any atom is -0.352 e. The van der Waals surface area contributed by atoms with Gasteiger partial charge in [-0.3, -0.25) is 14.2 Å². The van der Waals surface area contributed by atoms with Crippen molar-refractivity contribution in [1.29, 1.82) is 0 Å². The van der Waals surface area contributed by atoms with Crippen LogP contribution in [0.4, 0.5) is 5.82 Å². The summed E-state index contributed by atoms with van der Waals surface area (Å²) >= 11 is 0. The van der Waals surface area contributed by atoms with E-state index in [4.69, 9.17) is 0 Å². The van der Waals surface area contributed by atoms with E-state index in [1.54, 1.807) is 4.68 Å². The first kappa shape index (κ1) is 18.0. The predicted molar refractivity (Wildman–Crippen MR) is 108 cm³/mol. The number of hydrogen-bond donors (Lipinski definition) is 1. The molecule has 10 nitrogen and oxygen atoms in total. The van der Waals surface area contributed by atoms with E-state index in [1.807, 2.05) is 35.8 Å². The number of nitrogens with one attached hydrogen (secondary N) is 1. The Labute approximate surface area is 168 Å². The van der Waals surface area contributed by atoms with Crippen molar-refractivity contribution in [3.63, 3.8) is 0 Å². The van der Waals surface area contributed by atoms with Gasteiger partial charge in [-0.05, 0) is 19.9 Å². The average Bonchev–Trinajstić information content (AvgIpc) is 3.30. The SMILES string of the molecule is Cc1nc(N2CCN(C(=O)c3cc4n(n3)CC(C)NC4)CC2)c2cnn(C)c2n1. The summed E-state index contributed by atoms with van der Waals surface area (Å²) in [5.41, 5.74) is 2.44. The van der Waals surface area contributed by atoms with Gasteiger partial charge >= 0.3 is 0 Å². The molecule has 1 saturated heterocycles. The fourth-order valence-electron chi connectivity index (χ4n) is 4.10. The lowest BCUT2D eigenvalue weighted by Gasteiger charge is -2.35. The molecule has 1 fully saturated rings. The van der Waals surface area contributed by atoms with E-state index in [1.165, 1.54) is 0 Å². The van der Waals surface area contributed by atoms with E-state index in [0.717, 1.165) is 54.5 Å². The number of aromatic nitrogens is 6. The Balaban J connectivity index is 1.32. The summed E-state index contributed by atoms with van der Waals surface area (Å²) in [5, 5.41) is 13.2. The normalized spacial score (nSPS) is 19.6. The number of carbonyl (C=O) groups excluding carboxylic acids is 1. The highest BCUT2D eigenvalue weighted by molar-refractivity contribution is 5.93. The van der Waals surface area contributed by atoms with Crippen molar-refractivity contribution in [1.82, 2.24) is 39.7 Å². The monoisotopic (exact) mass is 395 g/mol. The quantitative estimate of drug-likeness (QED) is 0.667. The summed E-state index contributed by atoms with van der Waals surface area (Å²) in [5.74, 6) is 1.62. The van der Waals surface area contributed by atoms with Crippen molar-refractivity contribution in [3.05, 3.63) is 29.5 Å². The molecule has 0 bridgehead atoms. The van der Waals surface area contributed by atoms with Crippen LogP contribution in [0.25, 0.3) is 11.0 Å². The van der Waals surface area contributed by atoms with Crippen molar-refractivity contribution in [2.45, 2.75) is 33.0 Å². The van der Waals surface area contributed by atoms with Crippen LogP contribution in [0.1, 0.15) is 28.9 Å². The van der Waals surface area contributed by atoms with Crippen LogP contribution < -0.4 is 10.2 Å². The topological polar surface area (TPSA) is 97.0 Å². The van der Waals surface area contributed by atoms with Crippen molar-refractivity contribution in [3.8, 4) is 0 Å². The molecule has 0 radical (unpaired) electrons. The molecular weight excluding hydrogens is 370 g/mol. The Bertz CT molecular complexity index is 1080. The van der Waals surface area contributed by atoms with Crippen molar-refractivity contribution in [2.24, 2.45) is 7.05 Å². The van der Waals surface area contributed by atoms with Crippen LogP contribution in [0, 0.1) is 6.92 Å². The lowest BCUT2D eigenvalue weighted by atomic mass is 10.2. The van der Waals surface area contributed by atoms with Crippen molar-refractivity contribution < 1.29 is 4.79 Å². The van der Waals surface area contributed by atoms with Gasteiger partial charge in [0, 0.05) is 45.8 Å². The minimum atomic E-state index is 0.00426. The van der Waals surface area contributed by atoms with E-state index < -0.39 is 0 Å². The molecule has 3 aromatic heterocycles. The first-order valence-corrected chi connectivity index (χ1v) is 10.0. The Kier molecular flexibility index (Phi) is 4.23. The molecule has 3 aromatic rings. The van der Waals surface area contributed by atoms with Crippen molar-refractivity contribution >= 4 is 22.8 Å². The Morgan fingerprint density at radius 3 is 2.79 bits per heavy atom. The highest BCUT2D eigenvalue weighted by Gasteiger charge is 2.27. The molecule has 0 saturated carbocycles. The lowest BCUT2D eigenvalue weighted by Crippen LogP contribution is -2.49. The summed E-state index contributed by atoms with van der Waals surface area (Å²) in [7, 11) is 1.88. The van der Waals surface area contributed by atoms with E-state index in [2.05, 4.69) is 37.3 Å². The molecular formula is C19H25N9O. The molecule has 152 valence electrons. The minimum absolute atomic E-state index is 0.00426. The summed E-state index contributed by atoms with van der Waals surface area (Å²) in [6, 6.07) is 2.29. The Morgan fingerprint density at radius 2 is 2.00 bits per heavy atom. The summed E-state index contributed by atoms with van der Waals surface area (Å²) in [6.45, 7) is 8.29. The van der Waals surface area contributed by atoms with Gasteiger partial charge < -0.3 is 15.1 Å². The van der Waals surface area contributed by atoms with Crippen LogP contribution in [0.3, 0.4) is 0 Å². The zero-order chi connectivity index (χ0) is 20.1. The molecule has 1 amide bonds. The van der Waals surface area contributed by atoms with E-state index >= 15 is 0 Å². The van der Waals surface area contributed by atoms with Gasteiger partial charge in [0.1, 0.15) is 11.6 Å². The van der Waals surface area contributed by atoms with E-state index in [0.29, 0.717) is 24.8 Å². The zero-order valence-electron chi connectivity index (χ0n) is 17.0. The fraction of sp³-hybridized carbons (Fsp3) is 0.526. The smallest absolute Gasteiger partial charge is 0.274 e. The van der Waals surface area contributed by atoms with Gasteiger partial charge in [-0.2, -0.15) is 10.2 Å². The molecule has 1 unspecified atom stereocenters. The van der Waals surface area contributed by atoms with Crippen LogP contribution in [0.15, 0.2) is 12.3 Å². The standard InChI is InChI=1S/C19H25N9O/c1-12-11-28-14(9-20-12)8-16(24-28)19(29)27-6-4-26(5-7-27)18-15-10-21-25(3)17(15)22-13(2)23-18/h8,10,12,20H,4-7,9,11H2,1-3H3. The number of fused-ring (bicyclic) bond motifs is 2. The summed E-state index contributed by atoms with van der Waals surface area (Å²) in [4.78, 5) is 26.2. The molecule has 10 heteroatoms. The number of aryl methyl sites for hydroxylation is 2. The number of anilines is 1. The Hall–Kier alpha value is -3.01. The predicted octanol–water partition coefficient (Wildman–Crippen LogP) is 0.322. The van der Waals surface area contributed by atoms with Crippen molar-refractivity contribution in [2.75, 3.05) is 31.1 Å². The Morgan fingerprint density at radius 1 is 1.21 bits per heavy atom. The van der Waals surface area contributed by atoms with Gasteiger partial charge in [-0.15, -0.1) is 0 Å². The third kappa shape index (κ3) is 3.13. The summed E-state index contributed by atoms with van der Waals surface area (Å²) in [6.07, 6.45) is 1.81. The molecule has 29 heavy (non-hydrogen) atoms. The van der Waals surface area contributed by atoms with Gasteiger partial charge in [0.15, 0.2) is 11.3 Å². The van der Waals surface area contributed by atoms with Gasteiger partial charge in [-0.1, -0.05) is 0 Å². The zero-order valence-corrected chi connectivity index (χ0v) is 17.0. The van der Waals surface area contributed by atoms with Crippen LogP contribution in [0.5, 0.6) is 0 Å². The molecule has 1 atom stereocenters. The maximum absolute atomic E-state index is 13.0. The molecule has 0 aromatic carbocycles. The van der Waals surface area contributed by atoms with Gasteiger partial charge in [0.05, 0.1) is 23.8 Å². The molecule has 5 rings (SSSR count). The summed E-state index contributed by atoms with van der Waals surface area (Å²) < 4.78 is 3.72. The second-order valence-corrected chi connectivity index (χ2v) is 7.86. The van der Waals surface area contributed by atoms with E-state index in [-0.39, 0.29) is 5.91 Å². The average molecular weight is 395 g/mol. The van der Waals surface area contributed by atoms with Crippen LogP contribution in [0.2, 0.25) is 0 Å². The first-order chi connectivity index (χ1) is 14.0. The highest BCUT2D eigenvalue weighted by Crippen LogP contribution is 2.24. The van der Waals surface area contributed by atoms with E-state index in [9.17, 15) is 4.79 Å². The molecule has 5 heterocycles. The molecule has 2 aliphatic rings. The van der Waals surface area contributed by atoms with Gasteiger partial charge in [0.25, 0.3) is 5.91 Å². The van der Waals surface area contributed by atoms with Crippen LogP contribution >= 0.6 is 0 Å². The lowest BCUT2D eigenvalue weighted by molar-refractivity contribution is 0.0739. The van der Waals surface area contributed by atoms with Gasteiger partial charge in [-0.25, -0.2) is 9.97 Å². The first-order valence-electron chi connectivity index (χ1n) is 10.0. The molecule has 1 N–H and O–H groups in total. The number of hydrogen-bond acceptors (Lipinski definition) is 7. The number of rotatable bonds is 2. The molecule has 0 aliphatic carbocycles. The fourth-order valence-corrected chi connectivity index (χ4v) is 4.10. The van der Waals surface area contributed by atoms with Gasteiger partial charge in [0.2, 0.25) is 0 Å². The van der Waals surface area contributed by atoms with Crippen LogP contribution in [-0.4, -0.2) is 72.6 Å². The number of piperazine rings is 1. The van der Waals surface area contributed by atoms with Crippen LogP contribution in [-0.2, 0) is 20.1 Å².